The van der Waals surface area contributed by atoms with E-state index in [0.29, 0.717) is 6.61 Å². The van der Waals surface area contributed by atoms with Crippen LogP contribution in [-0.2, 0) is 0 Å². The zero-order chi connectivity index (χ0) is 14.4. The Bertz CT molecular complexity index is 536. The van der Waals surface area contributed by atoms with E-state index >= 15 is 0 Å². The molecule has 1 atom stereocenters. The van der Waals surface area contributed by atoms with Gasteiger partial charge in [0.05, 0.1) is 12.6 Å². The molecule has 2 aromatic rings. The number of nitrogens with one attached hydrogen (secondary N) is 1. The Morgan fingerprint density at radius 3 is 2.45 bits per heavy atom. The van der Waals surface area contributed by atoms with Crippen molar-refractivity contribution in [3.63, 3.8) is 0 Å². The van der Waals surface area contributed by atoms with Crippen LogP contribution in [0.4, 0.5) is 0 Å². The Morgan fingerprint density at radius 1 is 1.05 bits per heavy atom. The molecular formula is C18H23NO. The van der Waals surface area contributed by atoms with Crippen LogP contribution in [0.2, 0.25) is 0 Å². The van der Waals surface area contributed by atoms with Crippen molar-refractivity contribution in [1.29, 1.82) is 0 Å². The fourth-order valence-electron chi connectivity index (χ4n) is 2.44. The number of benzene rings is 2. The molecule has 2 nitrogen and oxygen atoms in total. The summed E-state index contributed by atoms with van der Waals surface area (Å²) >= 11 is 0. The zero-order valence-corrected chi connectivity index (χ0v) is 12.5. The quantitative estimate of drug-likeness (QED) is 0.852. The van der Waals surface area contributed by atoms with Gasteiger partial charge in [0.1, 0.15) is 5.75 Å². The highest BCUT2D eigenvalue weighted by atomic mass is 16.5. The predicted octanol–water partition coefficient (Wildman–Crippen LogP) is 4.09. The Hall–Kier alpha value is -1.80. The van der Waals surface area contributed by atoms with Crippen LogP contribution in [0.15, 0.2) is 48.5 Å². The van der Waals surface area contributed by atoms with Gasteiger partial charge in [0.2, 0.25) is 0 Å². The highest BCUT2D eigenvalue weighted by Gasteiger charge is 2.17. The van der Waals surface area contributed by atoms with Crippen LogP contribution in [0.1, 0.15) is 36.6 Å². The van der Waals surface area contributed by atoms with Gasteiger partial charge in [-0.1, -0.05) is 55.0 Å². The number of rotatable bonds is 6. The monoisotopic (exact) mass is 269 g/mol. The summed E-state index contributed by atoms with van der Waals surface area (Å²) in [5.74, 6) is 0.966. The Morgan fingerprint density at radius 2 is 1.80 bits per heavy atom. The van der Waals surface area contributed by atoms with E-state index in [1.54, 1.807) is 0 Å². The van der Waals surface area contributed by atoms with E-state index in [-0.39, 0.29) is 6.04 Å². The normalized spacial score (nSPS) is 12.2. The second kappa shape index (κ2) is 7.11. The molecule has 0 bridgehead atoms. The van der Waals surface area contributed by atoms with Crippen LogP contribution in [0.3, 0.4) is 0 Å². The molecule has 20 heavy (non-hydrogen) atoms. The lowest BCUT2D eigenvalue weighted by Gasteiger charge is -2.22. The second-order valence-electron chi connectivity index (χ2n) is 4.88. The largest absolute Gasteiger partial charge is 0.494 e. The van der Waals surface area contributed by atoms with Gasteiger partial charge in [-0.3, -0.25) is 0 Å². The van der Waals surface area contributed by atoms with E-state index in [4.69, 9.17) is 4.74 Å². The molecule has 2 rings (SSSR count). The van der Waals surface area contributed by atoms with Crippen molar-refractivity contribution in [2.75, 3.05) is 13.2 Å². The first-order valence-electron chi connectivity index (χ1n) is 7.28. The minimum atomic E-state index is 0.169. The smallest absolute Gasteiger partial charge is 0.124 e. The molecule has 2 heteroatoms. The van der Waals surface area contributed by atoms with Gasteiger partial charge < -0.3 is 10.1 Å². The van der Waals surface area contributed by atoms with E-state index in [1.807, 2.05) is 13.0 Å². The summed E-state index contributed by atoms with van der Waals surface area (Å²) in [4.78, 5) is 0. The molecule has 1 N–H and O–H groups in total. The zero-order valence-electron chi connectivity index (χ0n) is 12.5. The van der Waals surface area contributed by atoms with E-state index < -0.39 is 0 Å². The van der Waals surface area contributed by atoms with Crippen molar-refractivity contribution in [3.8, 4) is 5.75 Å². The van der Waals surface area contributed by atoms with Crippen molar-refractivity contribution in [2.24, 2.45) is 0 Å². The molecule has 0 aliphatic carbocycles. The van der Waals surface area contributed by atoms with E-state index in [0.717, 1.165) is 12.3 Å². The standard InChI is InChI=1S/C18H23NO/c1-4-19-18(15-9-7-6-8-10-15)16-13-14(3)11-12-17(16)20-5-2/h6-13,18-19H,4-5H2,1-3H3. The van der Waals surface area contributed by atoms with Crippen LogP contribution in [0, 0.1) is 6.92 Å². The summed E-state index contributed by atoms with van der Waals surface area (Å²) < 4.78 is 5.80. The SMILES string of the molecule is CCNC(c1ccccc1)c1cc(C)ccc1OCC. The molecule has 0 saturated heterocycles. The first-order valence-corrected chi connectivity index (χ1v) is 7.28. The fourth-order valence-corrected chi connectivity index (χ4v) is 2.44. The van der Waals surface area contributed by atoms with Crippen molar-refractivity contribution in [1.82, 2.24) is 5.32 Å². The average molecular weight is 269 g/mol. The lowest BCUT2D eigenvalue weighted by Crippen LogP contribution is -2.22. The van der Waals surface area contributed by atoms with Gasteiger partial charge in [-0.15, -0.1) is 0 Å². The molecular weight excluding hydrogens is 246 g/mol. The summed E-state index contributed by atoms with van der Waals surface area (Å²) in [5, 5.41) is 3.56. The number of aryl methyl sites for hydroxylation is 1. The van der Waals surface area contributed by atoms with Crippen molar-refractivity contribution < 1.29 is 4.74 Å². The van der Waals surface area contributed by atoms with E-state index in [2.05, 4.69) is 61.6 Å². The van der Waals surface area contributed by atoms with Gasteiger partial charge in [-0.25, -0.2) is 0 Å². The highest BCUT2D eigenvalue weighted by Crippen LogP contribution is 2.31. The van der Waals surface area contributed by atoms with Gasteiger partial charge >= 0.3 is 0 Å². The second-order valence-corrected chi connectivity index (χ2v) is 4.88. The Labute approximate surface area is 121 Å². The summed E-state index contributed by atoms with van der Waals surface area (Å²) in [5.41, 5.74) is 3.73. The minimum Gasteiger partial charge on any atom is -0.494 e. The van der Waals surface area contributed by atoms with Crippen molar-refractivity contribution >= 4 is 0 Å². The maximum absolute atomic E-state index is 5.80. The third-order valence-corrected chi connectivity index (χ3v) is 3.32. The molecule has 0 aliphatic rings. The Kier molecular flexibility index (Phi) is 5.19. The molecule has 0 radical (unpaired) electrons. The first kappa shape index (κ1) is 14.6. The van der Waals surface area contributed by atoms with Gasteiger partial charge in [-0.05, 0) is 32.0 Å². The average Bonchev–Trinajstić information content (AvgIpc) is 2.48. The number of ether oxygens (including phenoxy) is 1. The van der Waals surface area contributed by atoms with E-state index in [9.17, 15) is 0 Å². The molecule has 2 aromatic carbocycles. The van der Waals surface area contributed by atoms with Crippen LogP contribution in [0.25, 0.3) is 0 Å². The molecule has 1 unspecified atom stereocenters. The van der Waals surface area contributed by atoms with Gasteiger partial charge in [0.25, 0.3) is 0 Å². The molecule has 0 aromatic heterocycles. The van der Waals surface area contributed by atoms with Crippen molar-refractivity contribution in [3.05, 3.63) is 65.2 Å². The van der Waals surface area contributed by atoms with Gasteiger partial charge in [0.15, 0.2) is 0 Å². The molecule has 0 heterocycles. The molecule has 0 saturated carbocycles. The molecule has 0 amide bonds. The van der Waals surface area contributed by atoms with Gasteiger partial charge in [-0.2, -0.15) is 0 Å². The Balaban J connectivity index is 2.45. The van der Waals surface area contributed by atoms with Crippen LogP contribution >= 0.6 is 0 Å². The first-order chi connectivity index (χ1) is 9.76. The third kappa shape index (κ3) is 3.40. The highest BCUT2D eigenvalue weighted by molar-refractivity contribution is 5.43. The predicted molar refractivity (Wildman–Crippen MR) is 84.3 cm³/mol. The van der Waals surface area contributed by atoms with Gasteiger partial charge in [0, 0.05) is 5.56 Å². The summed E-state index contributed by atoms with van der Waals surface area (Å²) in [7, 11) is 0. The van der Waals surface area contributed by atoms with Crippen molar-refractivity contribution in [2.45, 2.75) is 26.8 Å². The maximum atomic E-state index is 5.80. The molecule has 0 spiro atoms. The minimum absolute atomic E-state index is 0.169. The molecule has 0 fully saturated rings. The summed E-state index contributed by atoms with van der Waals surface area (Å²) in [6.45, 7) is 7.87. The molecule has 0 aliphatic heterocycles. The molecule has 106 valence electrons. The topological polar surface area (TPSA) is 21.3 Å². The summed E-state index contributed by atoms with van der Waals surface area (Å²) in [6, 6.07) is 17.1. The lowest BCUT2D eigenvalue weighted by molar-refractivity contribution is 0.333. The number of hydrogen-bond acceptors (Lipinski definition) is 2. The summed E-state index contributed by atoms with van der Waals surface area (Å²) in [6.07, 6.45) is 0. The lowest BCUT2D eigenvalue weighted by atomic mass is 9.96. The fraction of sp³-hybridized carbons (Fsp3) is 0.333. The van der Waals surface area contributed by atoms with Crippen LogP contribution in [0.5, 0.6) is 5.75 Å². The van der Waals surface area contributed by atoms with Crippen LogP contribution < -0.4 is 10.1 Å². The van der Waals surface area contributed by atoms with E-state index in [1.165, 1.54) is 16.7 Å². The van der Waals surface area contributed by atoms with Crippen LogP contribution in [-0.4, -0.2) is 13.2 Å². The third-order valence-electron chi connectivity index (χ3n) is 3.32. The maximum Gasteiger partial charge on any atom is 0.124 e. The number of hydrogen-bond donors (Lipinski definition) is 1.